The molecular formula is C21H32N2O8S. The molecule has 2 N–H and O–H groups in total. The van der Waals surface area contributed by atoms with Crippen molar-refractivity contribution < 1.29 is 36.2 Å². The van der Waals surface area contributed by atoms with Crippen LogP contribution in [-0.4, -0.2) is 50.8 Å². The van der Waals surface area contributed by atoms with Gasteiger partial charge in [-0.1, -0.05) is 32.1 Å². The van der Waals surface area contributed by atoms with E-state index >= 15 is 0 Å². The lowest BCUT2D eigenvalue weighted by Crippen LogP contribution is -2.32. The van der Waals surface area contributed by atoms with E-state index in [4.69, 9.17) is 14.0 Å². The highest BCUT2D eigenvalue weighted by Gasteiger charge is 2.17. The molecular weight excluding hydrogens is 440 g/mol. The van der Waals surface area contributed by atoms with Gasteiger partial charge in [-0.3, -0.25) is 14.2 Å². The van der Waals surface area contributed by atoms with Gasteiger partial charge >= 0.3 is 16.5 Å². The molecule has 0 atom stereocenters. The average molecular weight is 473 g/mol. The summed E-state index contributed by atoms with van der Waals surface area (Å²) in [6, 6.07) is 4.78. The molecule has 0 radical (unpaired) electrons. The summed E-state index contributed by atoms with van der Waals surface area (Å²) in [5.74, 6) is 0.838. The molecule has 0 saturated carbocycles. The van der Waals surface area contributed by atoms with Crippen molar-refractivity contribution in [1.82, 2.24) is 10.2 Å². The van der Waals surface area contributed by atoms with Crippen LogP contribution in [0.5, 0.6) is 11.5 Å². The molecule has 0 aliphatic heterocycles. The minimum absolute atomic E-state index is 0.0484. The Labute approximate surface area is 189 Å². The molecule has 2 amide bonds. The number of amides is 2. The van der Waals surface area contributed by atoms with Gasteiger partial charge in [0.25, 0.3) is 0 Å². The number of carbonyl (C=O) groups excluding carboxylic acids is 2. The third-order valence-corrected chi connectivity index (χ3v) is 4.57. The molecule has 0 spiro atoms. The van der Waals surface area contributed by atoms with Gasteiger partial charge in [-0.05, 0) is 42.9 Å². The summed E-state index contributed by atoms with van der Waals surface area (Å²) in [5.41, 5.74) is 0.748. The van der Waals surface area contributed by atoms with E-state index in [0.29, 0.717) is 18.9 Å². The predicted octanol–water partition coefficient (Wildman–Crippen LogP) is 3.29. The van der Waals surface area contributed by atoms with Gasteiger partial charge < -0.3 is 14.8 Å². The molecule has 10 nitrogen and oxygen atoms in total. The van der Waals surface area contributed by atoms with Crippen molar-refractivity contribution in [3.05, 3.63) is 35.9 Å². The Morgan fingerprint density at radius 2 is 1.94 bits per heavy atom. The first-order chi connectivity index (χ1) is 15.0. The second-order valence-corrected chi connectivity index (χ2v) is 8.51. The molecule has 11 heteroatoms. The van der Waals surface area contributed by atoms with Crippen LogP contribution in [0.15, 0.2) is 30.4 Å². The average Bonchev–Trinajstić information content (AvgIpc) is 2.72. The molecule has 0 unspecified atom stereocenters. The summed E-state index contributed by atoms with van der Waals surface area (Å²) >= 11 is 0. The van der Waals surface area contributed by atoms with Crippen LogP contribution in [0.4, 0.5) is 4.79 Å². The molecule has 0 bridgehead atoms. The summed E-state index contributed by atoms with van der Waals surface area (Å²) < 4.78 is 44.2. The molecule has 0 heterocycles. The minimum atomic E-state index is -4.68. The van der Waals surface area contributed by atoms with E-state index in [1.54, 1.807) is 12.1 Å². The fourth-order valence-electron chi connectivity index (χ4n) is 2.48. The van der Waals surface area contributed by atoms with Gasteiger partial charge in [0.15, 0.2) is 11.5 Å². The van der Waals surface area contributed by atoms with Crippen molar-refractivity contribution in [2.75, 3.05) is 20.9 Å². The maximum atomic E-state index is 12.0. The number of hydrogen-bond acceptors (Lipinski definition) is 7. The first-order valence-electron chi connectivity index (χ1n) is 10.2. The molecule has 0 aliphatic carbocycles. The van der Waals surface area contributed by atoms with E-state index in [1.807, 2.05) is 0 Å². The number of benzene rings is 1. The largest absolute Gasteiger partial charge is 0.493 e. The lowest BCUT2D eigenvalue weighted by atomic mass is 10.1. The van der Waals surface area contributed by atoms with Crippen LogP contribution in [-0.2, 0) is 25.9 Å². The number of methoxy groups -OCH3 is 1. The van der Waals surface area contributed by atoms with Crippen molar-refractivity contribution in [1.29, 1.82) is 0 Å². The first-order valence-corrected chi connectivity index (χ1v) is 11.5. The molecule has 0 aromatic heterocycles. The lowest BCUT2D eigenvalue weighted by Gasteiger charge is -2.17. The second-order valence-electron chi connectivity index (χ2n) is 7.42. The van der Waals surface area contributed by atoms with E-state index in [0.717, 1.165) is 29.7 Å². The maximum absolute atomic E-state index is 12.0. The van der Waals surface area contributed by atoms with E-state index in [9.17, 15) is 18.0 Å². The van der Waals surface area contributed by atoms with E-state index in [1.165, 1.54) is 20.2 Å². The second kappa shape index (κ2) is 13.7. The Morgan fingerprint density at radius 1 is 1.22 bits per heavy atom. The zero-order valence-corrected chi connectivity index (χ0v) is 19.7. The number of ether oxygens (including phenoxy) is 2. The van der Waals surface area contributed by atoms with Crippen molar-refractivity contribution in [2.45, 2.75) is 46.1 Å². The third-order valence-electron chi connectivity index (χ3n) is 4.17. The minimum Gasteiger partial charge on any atom is -0.493 e. The lowest BCUT2D eigenvalue weighted by molar-refractivity contribution is -0.121. The molecule has 0 aliphatic rings. The third kappa shape index (κ3) is 11.7. The Hall–Kier alpha value is -2.63. The summed E-state index contributed by atoms with van der Waals surface area (Å²) in [6.45, 7) is 3.81. The fraction of sp³-hybridized carbons (Fsp3) is 0.524. The smallest absolute Gasteiger partial charge is 0.416 e. The van der Waals surface area contributed by atoms with E-state index < -0.39 is 23.2 Å². The Bertz CT molecular complexity index is 884. The zero-order valence-electron chi connectivity index (χ0n) is 18.9. The number of rotatable bonds is 13. The van der Waals surface area contributed by atoms with Crippen LogP contribution >= 0.6 is 0 Å². The first kappa shape index (κ1) is 27.4. The standard InChI is InChI=1S/C21H32N2O8S/c1-16(2)9-7-5-6-8-10-20(24)22-14-17-11-12-18(19(13-17)29-4)31-21(25)23(3)15-30-32(26,27)28/h7,9,11-13,16H,5-6,8,10,14-15H2,1-4H3,(H,22,24)(H,26,27,28)/b9-7+. The predicted molar refractivity (Wildman–Crippen MR) is 119 cm³/mol. The highest BCUT2D eigenvalue weighted by atomic mass is 32.3. The monoisotopic (exact) mass is 472 g/mol. The summed E-state index contributed by atoms with van der Waals surface area (Å²) in [4.78, 5) is 24.9. The van der Waals surface area contributed by atoms with Gasteiger partial charge in [0, 0.05) is 20.0 Å². The number of unbranched alkanes of at least 4 members (excludes halogenated alkanes) is 2. The zero-order chi connectivity index (χ0) is 24.1. The molecule has 1 rings (SSSR count). The summed E-state index contributed by atoms with van der Waals surface area (Å²) in [7, 11) is -2.06. The van der Waals surface area contributed by atoms with Crippen LogP contribution < -0.4 is 14.8 Å². The van der Waals surface area contributed by atoms with Crippen molar-refractivity contribution >= 4 is 22.4 Å². The van der Waals surface area contributed by atoms with Crippen molar-refractivity contribution in [3.8, 4) is 11.5 Å². The SMILES string of the molecule is COc1cc(CNC(=O)CCCC/C=C/C(C)C)ccc1OC(=O)N(C)COS(=O)(=O)O. The van der Waals surface area contributed by atoms with E-state index in [-0.39, 0.29) is 17.4 Å². The van der Waals surface area contributed by atoms with Gasteiger partial charge in [-0.25, -0.2) is 8.98 Å². The van der Waals surface area contributed by atoms with Crippen LogP contribution in [0.3, 0.4) is 0 Å². The van der Waals surface area contributed by atoms with Crippen LogP contribution in [0, 0.1) is 5.92 Å². The molecule has 0 saturated heterocycles. The molecule has 180 valence electrons. The van der Waals surface area contributed by atoms with Crippen molar-refractivity contribution in [3.63, 3.8) is 0 Å². The van der Waals surface area contributed by atoms with Gasteiger partial charge in [-0.15, -0.1) is 0 Å². The number of carbonyl (C=O) groups is 2. The number of nitrogens with one attached hydrogen (secondary N) is 1. The highest BCUT2D eigenvalue weighted by Crippen LogP contribution is 2.28. The van der Waals surface area contributed by atoms with Gasteiger partial charge in [-0.2, -0.15) is 8.42 Å². The number of hydrogen-bond donors (Lipinski definition) is 2. The molecule has 0 fully saturated rings. The fourth-order valence-corrected chi connectivity index (χ4v) is 2.77. The Kier molecular flexibility index (Phi) is 11.7. The topological polar surface area (TPSA) is 131 Å². The number of allylic oxidation sites excluding steroid dienone is 2. The summed E-state index contributed by atoms with van der Waals surface area (Å²) in [5, 5.41) is 2.84. The van der Waals surface area contributed by atoms with Gasteiger partial charge in [0.2, 0.25) is 5.91 Å². The number of nitrogens with zero attached hydrogens (tertiary/aromatic N) is 1. The van der Waals surface area contributed by atoms with Gasteiger partial charge in [0.1, 0.15) is 6.73 Å². The quantitative estimate of drug-likeness (QED) is 0.193. The van der Waals surface area contributed by atoms with Gasteiger partial charge in [0.05, 0.1) is 7.11 Å². The van der Waals surface area contributed by atoms with Crippen molar-refractivity contribution in [2.24, 2.45) is 5.92 Å². The highest BCUT2D eigenvalue weighted by molar-refractivity contribution is 7.80. The Balaban J connectivity index is 2.51. The Morgan fingerprint density at radius 3 is 2.56 bits per heavy atom. The van der Waals surface area contributed by atoms with E-state index in [2.05, 4.69) is 35.5 Å². The molecule has 1 aromatic rings. The van der Waals surface area contributed by atoms with Crippen LogP contribution in [0.2, 0.25) is 0 Å². The molecule has 32 heavy (non-hydrogen) atoms. The summed E-state index contributed by atoms with van der Waals surface area (Å²) in [6.07, 6.45) is 6.54. The maximum Gasteiger partial charge on any atom is 0.416 e. The normalized spacial score (nSPS) is 11.6. The van der Waals surface area contributed by atoms with Crippen LogP contribution in [0.1, 0.15) is 45.1 Å². The molecule has 1 aromatic carbocycles. The van der Waals surface area contributed by atoms with Crippen LogP contribution in [0.25, 0.3) is 0 Å².